The molecule has 0 aromatic heterocycles. The van der Waals surface area contributed by atoms with Crippen LogP contribution < -0.4 is 5.32 Å². The van der Waals surface area contributed by atoms with Crippen LogP contribution in [0.15, 0.2) is 59.5 Å². The number of amides is 2. The number of thioether (sulfide) groups is 1. The molecule has 3 rings (SSSR count). The van der Waals surface area contributed by atoms with Gasteiger partial charge in [0.05, 0.1) is 0 Å². The lowest BCUT2D eigenvalue weighted by Crippen LogP contribution is -2.49. The van der Waals surface area contributed by atoms with E-state index in [1.54, 1.807) is 16.7 Å². The van der Waals surface area contributed by atoms with E-state index in [9.17, 15) is 9.59 Å². The predicted octanol–water partition coefficient (Wildman–Crippen LogP) is 5.30. The Labute approximate surface area is 188 Å². The van der Waals surface area contributed by atoms with Crippen molar-refractivity contribution in [3.05, 3.63) is 65.2 Å². The second kappa shape index (κ2) is 11.4. The quantitative estimate of drug-likeness (QED) is 0.534. The fourth-order valence-electron chi connectivity index (χ4n) is 3.69. The van der Waals surface area contributed by atoms with Crippen molar-refractivity contribution >= 4 is 35.2 Å². The molecule has 4 nitrogen and oxygen atoms in total. The highest BCUT2D eigenvalue weighted by Gasteiger charge is 2.28. The summed E-state index contributed by atoms with van der Waals surface area (Å²) in [6.45, 7) is 2.27. The highest BCUT2D eigenvalue weighted by atomic mass is 35.5. The Hall–Kier alpha value is -1.98. The van der Waals surface area contributed by atoms with E-state index < -0.39 is 6.04 Å². The van der Waals surface area contributed by atoms with Crippen LogP contribution in [0.2, 0.25) is 5.02 Å². The van der Waals surface area contributed by atoms with Crippen LogP contribution in [0.4, 0.5) is 0 Å². The summed E-state index contributed by atoms with van der Waals surface area (Å²) < 4.78 is 0. The average molecular weight is 445 g/mol. The highest BCUT2D eigenvalue weighted by molar-refractivity contribution is 7.99. The van der Waals surface area contributed by atoms with Crippen LogP contribution in [0.25, 0.3) is 0 Å². The Morgan fingerprint density at radius 1 is 1.10 bits per heavy atom. The van der Waals surface area contributed by atoms with Gasteiger partial charge < -0.3 is 10.2 Å². The van der Waals surface area contributed by atoms with Gasteiger partial charge >= 0.3 is 0 Å². The van der Waals surface area contributed by atoms with Gasteiger partial charge in [-0.25, -0.2) is 0 Å². The molecule has 160 valence electrons. The molecule has 0 radical (unpaired) electrons. The lowest BCUT2D eigenvalue weighted by Gasteiger charge is -2.29. The average Bonchev–Trinajstić information content (AvgIpc) is 3.26. The molecule has 1 N–H and O–H groups in total. The normalized spacial score (nSPS) is 15.0. The van der Waals surface area contributed by atoms with E-state index in [1.807, 2.05) is 61.5 Å². The minimum atomic E-state index is -0.501. The van der Waals surface area contributed by atoms with E-state index in [1.165, 1.54) is 0 Å². The molecule has 1 saturated carbocycles. The van der Waals surface area contributed by atoms with Crippen molar-refractivity contribution < 1.29 is 9.59 Å². The number of hydrogen-bond acceptors (Lipinski definition) is 3. The molecule has 1 atom stereocenters. The van der Waals surface area contributed by atoms with Gasteiger partial charge in [0.1, 0.15) is 6.04 Å². The molecule has 0 saturated heterocycles. The zero-order chi connectivity index (χ0) is 21.3. The highest BCUT2D eigenvalue weighted by Crippen LogP contribution is 2.22. The van der Waals surface area contributed by atoms with Crippen molar-refractivity contribution in [3.63, 3.8) is 0 Å². The maximum Gasteiger partial charge on any atom is 0.242 e. The summed E-state index contributed by atoms with van der Waals surface area (Å²) in [4.78, 5) is 28.7. The van der Waals surface area contributed by atoms with Gasteiger partial charge in [0.25, 0.3) is 0 Å². The number of halogens is 1. The van der Waals surface area contributed by atoms with Crippen LogP contribution in [0, 0.1) is 0 Å². The van der Waals surface area contributed by atoms with Crippen LogP contribution in [0.5, 0.6) is 0 Å². The lowest BCUT2D eigenvalue weighted by molar-refractivity contribution is -0.140. The first-order valence-corrected chi connectivity index (χ1v) is 11.9. The van der Waals surface area contributed by atoms with Crippen LogP contribution in [0.1, 0.15) is 44.6 Å². The Balaban J connectivity index is 1.62. The summed E-state index contributed by atoms with van der Waals surface area (Å²) in [6.07, 6.45) is 4.76. The molecule has 2 aromatic rings. The van der Waals surface area contributed by atoms with Crippen molar-refractivity contribution in [1.29, 1.82) is 0 Å². The molecule has 2 amide bonds. The standard InChI is InChI=1S/C24H29ClN2O2S/c1-18(24(29)26-21-9-5-6-10-21)27(17-19-7-3-2-4-8-19)23(28)15-16-30-22-13-11-20(25)12-14-22/h2-4,7-8,11-14,18,21H,5-6,9-10,15-17H2,1H3,(H,26,29)/t18-/m1/s1. The molecule has 0 bridgehead atoms. The first-order chi connectivity index (χ1) is 14.5. The molecule has 0 unspecified atom stereocenters. The van der Waals surface area contributed by atoms with Gasteiger partial charge in [0.2, 0.25) is 11.8 Å². The van der Waals surface area contributed by atoms with E-state index >= 15 is 0 Å². The molecule has 0 aliphatic heterocycles. The van der Waals surface area contributed by atoms with Gasteiger partial charge in [-0.05, 0) is 49.6 Å². The number of carbonyl (C=O) groups is 2. The molecule has 1 fully saturated rings. The van der Waals surface area contributed by atoms with Crippen molar-refractivity contribution in [3.8, 4) is 0 Å². The first kappa shape index (κ1) is 22.7. The molecule has 2 aromatic carbocycles. The van der Waals surface area contributed by atoms with Crippen molar-refractivity contribution in [1.82, 2.24) is 10.2 Å². The topological polar surface area (TPSA) is 49.4 Å². The van der Waals surface area contributed by atoms with Gasteiger partial charge in [-0.1, -0.05) is 54.8 Å². The predicted molar refractivity (Wildman–Crippen MR) is 124 cm³/mol. The van der Waals surface area contributed by atoms with E-state index in [-0.39, 0.29) is 17.9 Å². The zero-order valence-electron chi connectivity index (χ0n) is 17.4. The summed E-state index contributed by atoms with van der Waals surface area (Å²) >= 11 is 7.55. The maximum absolute atomic E-state index is 13.1. The number of carbonyl (C=O) groups excluding carboxylic acids is 2. The lowest BCUT2D eigenvalue weighted by atomic mass is 10.1. The largest absolute Gasteiger partial charge is 0.352 e. The van der Waals surface area contributed by atoms with Crippen LogP contribution in [-0.2, 0) is 16.1 Å². The Kier molecular flexibility index (Phi) is 8.64. The molecule has 1 aliphatic rings. The molecule has 1 aliphatic carbocycles. The van der Waals surface area contributed by atoms with E-state index in [4.69, 9.17) is 11.6 Å². The number of nitrogens with zero attached hydrogens (tertiary/aromatic N) is 1. The third-order valence-electron chi connectivity index (χ3n) is 5.46. The fraction of sp³-hybridized carbons (Fsp3) is 0.417. The van der Waals surface area contributed by atoms with Crippen molar-refractivity contribution in [2.45, 2.75) is 62.6 Å². The third kappa shape index (κ3) is 6.78. The van der Waals surface area contributed by atoms with E-state index in [2.05, 4.69) is 5.32 Å². The summed E-state index contributed by atoms with van der Waals surface area (Å²) in [5.74, 6) is 0.592. The zero-order valence-corrected chi connectivity index (χ0v) is 18.9. The Bertz CT molecular complexity index is 823. The fourth-order valence-corrected chi connectivity index (χ4v) is 4.65. The smallest absolute Gasteiger partial charge is 0.242 e. The third-order valence-corrected chi connectivity index (χ3v) is 6.73. The number of hydrogen-bond donors (Lipinski definition) is 1. The summed E-state index contributed by atoms with van der Waals surface area (Å²) in [6, 6.07) is 17.2. The van der Waals surface area contributed by atoms with Crippen molar-refractivity contribution in [2.75, 3.05) is 5.75 Å². The molecule has 30 heavy (non-hydrogen) atoms. The Morgan fingerprint density at radius 2 is 1.77 bits per heavy atom. The van der Waals surface area contributed by atoms with Gasteiger partial charge in [-0.15, -0.1) is 11.8 Å². The number of rotatable bonds is 9. The second-order valence-electron chi connectivity index (χ2n) is 7.73. The van der Waals surface area contributed by atoms with Gasteiger partial charge in [-0.3, -0.25) is 9.59 Å². The Morgan fingerprint density at radius 3 is 2.43 bits per heavy atom. The monoisotopic (exact) mass is 444 g/mol. The summed E-state index contributed by atoms with van der Waals surface area (Å²) in [5.41, 5.74) is 1.02. The van der Waals surface area contributed by atoms with Crippen molar-refractivity contribution in [2.24, 2.45) is 0 Å². The number of nitrogens with one attached hydrogen (secondary N) is 1. The van der Waals surface area contributed by atoms with E-state index in [0.29, 0.717) is 23.7 Å². The molecular formula is C24H29ClN2O2S. The van der Waals surface area contributed by atoms with Crippen LogP contribution >= 0.6 is 23.4 Å². The number of benzene rings is 2. The minimum Gasteiger partial charge on any atom is -0.352 e. The summed E-state index contributed by atoms with van der Waals surface area (Å²) in [5, 5.41) is 3.84. The van der Waals surface area contributed by atoms with Gasteiger partial charge in [0, 0.05) is 34.7 Å². The SMILES string of the molecule is C[C@H](C(=O)NC1CCCC1)N(Cc1ccccc1)C(=O)CCSc1ccc(Cl)cc1. The van der Waals surface area contributed by atoms with Crippen LogP contribution in [0.3, 0.4) is 0 Å². The maximum atomic E-state index is 13.1. The molecule has 6 heteroatoms. The molecule has 0 heterocycles. The summed E-state index contributed by atoms with van der Waals surface area (Å²) in [7, 11) is 0. The molecular weight excluding hydrogens is 416 g/mol. The second-order valence-corrected chi connectivity index (χ2v) is 9.33. The van der Waals surface area contributed by atoms with Gasteiger partial charge in [-0.2, -0.15) is 0 Å². The first-order valence-electron chi connectivity index (χ1n) is 10.5. The minimum absolute atomic E-state index is 0.00520. The molecule has 0 spiro atoms. The van der Waals surface area contributed by atoms with Crippen LogP contribution in [-0.4, -0.2) is 34.6 Å². The van der Waals surface area contributed by atoms with Gasteiger partial charge in [0.15, 0.2) is 0 Å². The van der Waals surface area contributed by atoms with E-state index in [0.717, 1.165) is 36.1 Å².